The van der Waals surface area contributed by atoms with Crippen LogP contribution in [0.1, 0.15) is 32.3 Å². The first-order chi connectivity index (χ1) is 11.2. The third-order valence-corrected chi connectivity index (χ3v) is 5.23. The van der Waals surface area contributed by atoms with E-state index in [-0.39, 0.29) is 24.3 Å². The largest absolute Gasteiger partial charge is 0.481 e. The van der Waals surface area contributed by atoms with Gasteiger partial charge in [0.2, 0.25) is 10.0 Å². The molecule has 0 aliphatic heterocycles. The van der Waals surface area contributed by atoms with Gasteiger partial charge in [-0.15, -0.1) is 0 Å². The van der Waals surface area contributed by atoms with Gasteiger partial charge in [0.15, 0.2) is 0 Å². The van der Waals surface area contributed by atoms with Gasteiger partial charge in [0, 0.05) is 12.0 Å². The summed E-state index contributed by atoms with van der Waals surface area (Å²) in [6, 6.07) is 6.62. The maximum absolute atomic E-state index is 12.7. The molecule has 0 aliphatic carbocycles. The molecule has 0 amide bonds. The van der Waals surface area contributed by atoms with Gasteiger partial charge in [0.25, 0.3) is 0 Å². The summed E-state index contributed by atoms with van der Waals surface area (Å²) < 4.78 is 29.6. The standard InChI is InChI=1S/C15H20N4O4S/c1-15(2,8-7-14(20)21)18-24(22,23)13-6-4-3-5-12(13)9-19-11-16-10-17-19/h3-6,10-11,18H,7-9H2,1-2H3,(H,20,21). The number of carboxylic acid groups (broad SMARTS) is 1. The van der Waals surface area contributed by atoms with E-state index in [1.165, 1.54) is 23.4 Å². The van der Waals surface area contributed by atoms with Crippen LogP contribution in [0.15, 0.2) is 41.8 Å². The SMILES string of the molecule is CC(C)(CCC(=O)O)NS(=O)(=O)c1ccccc1Cn1cncn1. The van der Waals surface area contributed by atoms with Crippen molar-refractivity contribution in [1.82, 2.24) is 19.5 Å². The smallest absolute Gasteiger partial charge is 0.303 e. The van der Waals surface area contributed by atoms with Crippen molar-refractivity contribution in [1.29, 1.82) is 0 Å². The fourth-order valence-corrected chi connectivity index (χ4v) is 3.95. The van der Waals surface area contributed by atoms with E-state index < -0.39 is 21.5 Å². The number of aliphatic carboxylic acids is 1. The molecule has 1 heterocycles. The lowest BCUT2D eigenvalue weighted by Crippen LogP contribution is -2.43. The Bertz CT molecular complexity index is 801. The van der Waals surface area contributed by atoms with Gasteiger partial charge in [-0.3, -0.25) is 4.79 Å². The number of benzene rings is 1. The maximum Gasteiger partial charge on any atom is 0.303 e. The van der Waals surface area contributed by atoms with Gasteiger partial charge in [-0.05, 0) is 31.9 Å². The Hall–Kier alpha value is -2.26. The Morgan fingerprint density at radius 2 is 2.04 bits per heavy atom. The zero-order valence-electron chi connectivity index (χ0n) is 13.5. The third-order valence-electron chi connectivity index (χ3n) is 3.44. The van der Waals surface area contributed by atoms with E-state index in [4.69, 9.17) is 5.11 Å². The van der Waals surface area contributed by atoms with Crippen LogP contribution in [-0.4, -0.2) is 39.8 Å². The highest BCUT2D eigenvalue weighted by Crippen LogP contribution is 2.20. The Morgan fingerprint density at radius 1 is 1.33 bits per heavy atom. The van der Waals surface area contributed by atoms with Crippen molar-refractivity contribution in [3.05, 3.63) is 42.5 Å². The summed E-state index contributed by atoms with van der Waals surface area (Å²) in [5, 5.41) is 12.8. The number of carboxylic acids is 1. The lowest BCUT2D eigenvalue weighted by atomic mass is 10.0. The van der Waals surface area contributed by atoms with E-state index >= 15 is 0 Å². The van der Waals surface area contributed by atoms with Crippen LogP contribution >= 0.6 is 0 Å². The molecule has 2 rings (SSSR count). The van der Waals surface area contributed by atoms with Crippen molar-refractivity contribution in [3.63, 3.8) is 0 Å². The molecule has 2 N–H and O–H groups in total. The molecule has 0 atom stereocenters. The van der Waals surface area contributed by atoms with Crippen LogP contribution in [0.5, 0.6) is 0 Å². The number of rotatable bonds is 8. The van der Waals surface area contributed by atoms with Crippen LogP contribution in [0.4, 0.5) is 0 Å². The van der Waals surface area contributed by atoms with Crippen molar-refractivity contribution in [2.45, 2.75) is 43.7 Å². The molecule has 0 saturated heterocycles. The first-order valence-corrected chi connectivity index (χ1v) is 8.84. The lowest BCUT2D eigenvalue weighted by molar-refractivity contribution is -0.137. The minimum atomic E-state index is -3.80. The molecule has 2 aromatic rings. The molecule has 0 fully saturated rings. The molecule has 1 aromatic carbocycles. The number of hydrogen-bond acceptors (Lipinski definition) is 5. The summed E-state index contributed by atoms with van der Waals surface area (Å²) >= 11 is 0. The summed E-state index contributed by atoms with van der Waals surface area (Å²) in [6.45, 7) is 3.59. The van der Waals surface area contributed by atoms with Crippen LogP contribution in [0.3, 0.4) is 0 Å². The average molecular weight is 352 g/mol. The van der Waals surface area contributed by atoms with Crippen molar-refractivity contribution in [2.75, 3.05) is 0 Å². The second-order valence-corrected chi connectivity index (χ2v) is 7.73. The Morgan fingerprint density at radius 3 is 2.67 bits per heavy atom. The molecule has 8 nitrogen and oxygen atoms in total. The predicted octanol–water partition coefficient (Wildman–Crippen LogP) is 1.25. The molecule has 9 heteroatoms. The molecule has 24 heavy (non-hydrogen) atoms. The monoisotopic (exact) mass is 352 g/mol. The van der Waals surface area contributed by atoms with Crippen molar-refractivity contribution < 1.29 is 18.3 Å². The summed E-state index contributed by atoms with van der Waals surface area (Å²) in [6.07, 6.45) is 2.96. The zero-order chi connectivity index (χ0) is 17.8. The maximum atomic E-state index is 12.7. The van der Waals surface area contributed by atoms with E-state index in [2.05, 4.69) is 14.8 Å². The molecule has 0 unspecified atom stereocenters. The van der Waals surface area contributed by atoms with Gasteiger partial charge in [0.05, 0.1) is 11.4 Å². The van der Waals surface area contributed by atoms with Crippen LogP contribution in [0.2, 0.25) is 0 Å². The first-order valence-electron chi connectivity index (χ1n) is 7.36. The number of nitrogens with zero attached hydrogens (tertiary/aromatic N) is 3. The molecular formula is C15H20N4O4S. The highest BCUT2D eigenvalue weighted by atomic mass is 32.2. The van der Waals surface area contributed by atoms with E-state index in [1.807, 2.05) is 0 Å². The normalized spacial score (nSPS) is 12.2. The van der Waals surface area contributed by atoms with Crippen molar-refractivity contribution in [3.8, 4) is 0 Å². The quantitative estimate of drug-likeness (QED) is 0.739. The minimum absolute atomic E-state index is 0.115. The van der Waals surface area contributed by atoms with Crippen molar-refractivity contribution >= 4 is 16.0 Å². The van der Waals surface area contributed by atoms with Gasteiger partial charge in [-0.25, -0.2) is 22.8 Å². The average Bonchev–Trinajstić information content (AvgIpc) is 2.98. The van der Waals surface area contributed by atoms with E-state index in [1.54, 1.807) is 32.0 Å². The summed E-state index contributed by atoms with van der Waals surface area (Å²) in [5.74, 6) is -0.964. The predicted molar refractivity (Wildman–Crippen MR) is 86.8 cm³/mol. The Balaban J connectivity index is 2.24. The number of hydrogen-bond donors (Lipinski definition) is 2. The summed E-state index contributed by atoms with van der Waals surface area (Å²) in [5.41, 5.74) is -0.304. The fraction of sp³-hybridized carbons (Fsp3) is 0.400. The van der Waals surface area contributed by atoms with Gasteiger partial charge < -0.3 is 5.11 Å². The van der Waals surface area contributed by atoms with Gasteiger partial charge >= 0.3 is 5.97 Å². The van der Waals surface area contributed by atoms with Gasteiger partial charge in [-0.1, -0.05) is 18.2 Å². The third kappa shape index (κ3) is 4.87. The fourth-order valence-electron chi connectivity index (χ4n) is 2.27. The van der Waals surface area contributed by atoms with Crippen molar-refractivity contribution in [2.24, 2.45) is 0 Å². The van der Waals surface area contributed by atoms with E-state index in [0.29, 0.717) is 5.56 Å². The Kier molecular flexibility index (Phi) is 5.35. The van der Waals surface area contributed by atoms with Crippen LogP contribution in [0, 0.1) is 0 Å². The summed E-state index contributed by atoms with van der Waals surface area (Å²) in [7, 11) is -3.80. The number of carbonyl (C=O) groups is 1. The van der Waals surface area contributed by atoms with E-state index in [0.717, 1.165) is 0 Å². The van der Waals surface area contributed by atoms with Gasteiger partial charge in [0.1, 0.15) is 12.7 Å². The highest BCUT2D eigenvalue weighted by Gasteiger charge is 2.28. The number of aromatic nitrogens is 3. The second-order valence-electron chi connectivity index (χ2n) is 6.08. The topological polar surface area (TPSA) is 114 Å². The molecule has 0 saturated carbocycles. The summed E-state index contributed by atoms with van der Waals surface area (Å²) in [4.78, 5) is 14.7. The minimum Gasteiger partial charge on any atom is -0.481 e. The molecule has 0 radical (unpaired) electrons. The van der Waals surface area contributed by atoms with Gasteiger partial charge in [-0.2, -0.15) is 5.10 Å². The second kappa shape index (κ2) is 7.10. The first kappa shape index (κ1) is 18.1. The zero-order valence-corrected chi connectivity index (χ0v) is 14.3. The van der Waals surface area contributed by atoms with Crippen LogP contribution < -0.4 is 4.72 Å². The lowest BCUT2D eigenvalue weighted by Gasteiger charge is -2.26. The molecule has 0 aliphatic rings. The molecular weight excluding hydrogens is 332 g/mol. The number of sulfonamides is 1. The molecule has 0 bridgehead atoms. The van der Waals surface area contributed by atoms with Crippen LogP contribution in [-0.2, 0) is 21.4 Å². The Labute approximate surface area is 140 Å². The number of nitrogens with one attached hydrogen (secondary N) is 1. The van der Waals surface area contributed by atoms with E-state index in [9.17, 15) is 13.2 Å². The molecule has 1 aromatic heterocycles. The highest BCUT2D eigenvalue weighted by molar-refractivity contribution is 7.89. The molecule has 130 valence electrons. The molecule has 0 spiro atoms. The van der Waals surface area contributed by atoms with Crippen LogP contribution in [0.25, 0.3) is 0 Å².